The van der Waals surface area contributed by atoms with E-state index >= 15 is 0 Å². The Kier molecular flexibility index (Phi) is 5.38. The third-order valence-corrected chi connectivity index (χ3v) is 4.24. The van der Waals surface area contributed by atoms with E-state index in [0.29, 0.717) is 6.54 Å². The van der Waals surface area contributed by atoms with E-state index in [9.17, 15) is 4.79 Å². The number of nitrogens with zero attached hydrogens (tertiary/aromatic N) is 2. The Hall–Kier alpha value is -2.08. The molecule has 0 saturated carbocycles. The summed E-state index contributed by atoms with van der Waals surface area (Å²) >= 11 is 0. The van der Waals surface area contributed by atoms with Crippen LogP contribution in [-0.4, -0.2) is 49.0 Å². The lowest BCUT2D eigenvalue weighted by molar-refractivity contribution is -0.114. The molecule has 1 aliphatic heterocycles. The third-order valence-electron chi connectivity index (χ3n) is 4.24. The Labute approximate surface area is 130 Å². The molecule has 0 aliphatic carbocycles. The molecule has 1 heterocycles. The molecule has 0 unspecified atom stereocenters. The van der Waals surface area contributed by atoms with Crippen molar-refractivity contribution in [3.8, 4) is 5.75 Å². The van der Waals surface area contributed by atoms with Gasteiger partial charge in [-0.15, -0.1) is 0 Å². The molecule has 1 aromatic rings. The molecule has 0 bridgehead atoms. The van der Waals surface area contributed by atoms with Crippen molar-refractivity contribution in [1.29, 1.82) is 0 Å². The first kappa shape index (κ1) is 16.3. The molecule has 0 atom stereocenters. The zero-order valence-corrected chi connectivity index (χ0v) is 13.3. The highest BCUT2D eigenvalue weighted by Crippen LogP contribution is 2.32. The predicted octanol–water partition coefficient (Wildman–Crippen LogP) is 1.25. The normalized spacial score (nSPS) is 14.9. The largest absolute Gasteiger partial charge is 0.496 e. The molecule has 0 spiro atoms. The molecule has 1 amide bonds. The maximum Gasteiger partial charge on any atom is 0.265 e. The number of amides is 1. The van der Waals surface area contributed by atoms with Gasteiger partial charge in [-0.3, -0.25) is 9.69 Å². The van der Waals surface area contributed by atoms with Crippen LogP contribution in [0.5, 0.6) is 5.75 Å². The molecular formula is C16H23N3O3. The Morgan fingerprint density at radius 1 is 1.50 bits per heavy atom. The maximum atomic E-state index is 11.2. The first-order chi connectivity index (χ1) is 10.6. The summed E-state index contributed by atoms with van der Waals surface area (Å²) in [6.07, 6.45) is 1.82. The minimum absolute atomic E-state index is 0.381. The average Bonchev–Trinajstić information content (AvgIpc) is 2.51. The van der Waals surface area contributed by atoms with Crippen LogP contribution in [0.25, 0.3) is 0 Å². The fraction of sp³-hybridized carbons (Fsp3) is 0.500. The van der Waals surface area contributed by atoms with Crippen molar-refractivity contribution in [2.75, 3.05) is 26.7 Å². The number of hydrogen-bond donors (Lipinski definition) is 2. The molecule has 22 heavy (non-hydrogen) atoms. The van der Waals surface area contributed by atoms with Crippen LogP contribution in [0, 0.1) is 13.8 Å². The maximum absolute atomic E-state index is 11.2. The monoisotopic (exact) mass is 305 g/mol. The number of hydrogen-bond acceptors (Lipinski definition) is 5. The van der Waals surface area contributed by atoms with E-state index in [1.165, 1.54) is 22.3 Å². The number of rotatable bonds is 5. The summed E-state index contributed by atoms with van der Waals surface area (Å²) in [5.74, 6) is 0.596. The lowest BCUT2D eigenvalue weighted by atomic mass is 9.91. The van der Waals surface area contributed by atoms with Crippen molar-refractivity contribution in [3.05, 3.63) is 28.3 Å². The molecule has 2 N–H and O–H groups in total. The second-order valence-electron chi connectivity index (χ2n) is 5.54. The summed E-state index contributed by atoms with van der Waals surface area (Å²) in [6.45, 7) is 7.35. The SMILES string of the molecule is COc1cc(C)c(C)c2c1CCN(CCNC(=O)/C=N/O)C2. The molecule has 6 heteroatoms. The highest BCUT2D eigenvalue weighted by atomic mass is 16.5. The van der Waals surface area contributed by atoms with Gasteiger partial charge in [0.2, 0.25) is 0 Å². The van der Waals surface area contributed by atoms with Gasteiger partial charge < -0.3 is 15.3 Å². The van der Waals surface area contributed by atoms with Gasteiger partial charge in [0.1, 0.15) is 12.0 Å². The van der Waals surface area contributed by atoms with Crippen LogP contribution >= 0.6 is 0 Å². The second-order valence-corrected chi connectivity index (χ2v) is 5.54. The Balaban J connectivity index is 2.02. The molecule has 1 aliphatic rings. The highest BCUT2D eigenvalue weighted by molar-refractivity contribution is 6.25. The third kappa shape index (κ3) is 3.57. The van der Waals surface area contributed by atoms with Gasteiger partial charge in [0.15, 0.2) is 0 Å². The number of carbonyl (C=O) groups excluding carboxylic acids is 1. The molecule has 0 radical (unpaired) electrons. The number of carbonyl (C=O) groups is 1. The van der Waals surface area contributed by atoms with E-state index < -0.39 is 0 Å². The number of oxime groups is 1. The van der Waals surface area contributed by atoms with Gasteiger partial charge in [-0.2, -0.15) is 0 Å². The molecule has 2 rings (SSSR count). The number of ether oxygens (including phenoxy) is 1. The van der Waals surface area contributed by atoms with E-state index in [2.05, 4.69) is 35.3 Å². The molecular weight excluding hydrogens is 282 g/mol. The van der Waals surface area contributed by atoms with Crippen LogP contribution in [-0.2, 0) is 17.8 Å². The van der Waals surface area contributed by atoms with Crippen molar-refractivity contribution in [2.45, 2.75) is 26.8 Å². The molecule has 120 valence electrons. The van der Waals surface area contributed by atoms with E-state index in [1.54, 1.807) is 7.11 Å². The highest BCUT2D eigenvalue weighted by Gasteiger charge is 2.22. The van der Waals surface area contributed by atoms with E-state index in [1.807, 2.05) is 0 Å². The lowest BCUT2D eigenvalue weighted by Crippen LogP contribution is -2.38. The number of fused-ring (bicyclic) bond motifs is 1. The summed E-state index contributed by atoms with van der Waals surface area (Å²) in [6, 6.07) is 2.11. The van der Waals surface area contributed by atoms with Crippen molar-refractivity contribution < 1.29 is 14.7 Å². The van der Waals surface area contributed by atoms with Gasteiger partial charge in [0.25, 0.3) is 5.91 Å². The van der Waals surface area contributed by atoms with E-state index in [0.717, 1.165) is 38.0 Å². The summed E-state index contributed by atoms with van der Waals surface area (Å²) in [5, 5.41) is 13.7. The van der Waals surface area contributed by atoms with Crippen molar-refractivity contribution in [3.63, 3.8) is 0 Å². The second kappa shape index (κ2) is 7.26. The van der Waals surface area contributed by atoms with Gasteiger partial charge >= 0.3 is 0 Å². The smallest absolute Gasteiger partial charge is 0.265 e. The zero-order valence-electron chi connectivity index (χ0n) is 13.3. The van der Waals surface area contributed by atoms with E-state index in [4.69, 9.17) is 9.94 Å². The van der Waals surface area contributed by atoms with E-state index in [-0.39, 0.29) is 5.91 Å². The fourth-order valence-electron chi connectivity index (χ4n) is 2.87. The minimum atomic E-state index is -0.381. The number of aryl methyl sites for hydroxylation is 1. The van der Waals surface area contributed by atoms with Crippen LogP contribution < -0.4 is 10.1 Å². The molecule has 1 aromatic carbocycles. The van der Waals surface area contributed by atoms with Crippen LogP contribution in [0.2, 0.25) is 0 Å². The summed E-state index contributed by atoms with van der Waals surface area (Å²) in [4.78, 5) is 13.5. The van der Waals surface area contributed by atoms with Crippen molar-refractivity contribution >= 4 is 12.1 Å². The Bertz CT molecular complexity index is 584. The first-order valence-corrected chi connectivity index (χ1v) is 7.40. The number of benzene rings is 1. The van der Waals surface area contributed by atoms with Crippen LogP contribution in [0.1, 0.15) is 22.3 Å². The molecule has 0 fully saturated rings. The van der Waals surface area contributed by atoms with Crippen LogP contribution in [0.15, 0.2) is 11.2 Å². The zero-order chi connectivity index (χ0) is 16.1. The van der Waals surface area contributed by atoms with Gasteiger partial charge in [0, 0.05) is 31.7 Å². The Morgan fingerprint density at radius 2 is 2.27 bits per heavy atom. The van der Waals surface area contributed by atoms with Crippen LogP contribution in [0.4, 0.5) is 0 Å². The number of methoxy groups -OCH3 is 1. The van der Waals surface area contributed by atoms with Crippen LogP contribution in [0.3, 0.4) is 0 Å². The number of nitrogens with one attached hydrogen (secondary N) is 1. The summed E-state index contributed by atoms with van der Waals surface area (Å²) in [5.41, 5.74) is 5.20. The predicted molar refractivity (Wildman–Crippen MR) is 84.7 cm³/mol. The molecule has 6 nitrogen and oxygen atoms in total. The summed E-state index contributed by atoms with van der Waals surface area (Å²) < 4.78 is 5.51. The van der Waals surface area contributed by atoms with Gasteiger partial charge in [-0.1, -0.05) is 5.16 Å². The first-order valence-electron chi connectivity index (χ1n) is 7.40. The Morgan fingerprint density at radius 3 is 2.95 bits per heavy atom. The average molecular weight is 305 g/mol. The van der Waals surface area contributed by atoms with Gasteiger partial charge in [0.05, 0.1) is 7.11 Å². The lowest BCUT2D eigenvalue weighted by Gasteiger charge is -2.31. The standard InChI is InChI=1S/C16H23N3O3/c1-11-8-15(22-3)13-4-6-19(10-14(13)12(11)2)7-5-17-16(20)9-18-21/h8-9,21H,4-7,10H2,1-3H3,(H,17,20)/b18-9+. The minimum Gasteiger partial charge on any atom is -0.496 e. The van der Waals surface area contributed by atoms with Gasteiger partial charge in [-0.25, -0.2) is 0 Å². The molecule has 0 saturated heterocycles. The van der Waals surface area contributed by atoms with Crippen molar-refractivity contribution in [2.24, 2.45) is 5.16 Å². The fourth-order valence-corrected chi connectivity index (χ4v) is 2.87. The summed E-state index contributed by atoms with van der Waals surface area (Å²) in [7, 11) is 1.72. The van der Waals surface area contributed by atoms with Gasteiger partial charge in [-0.05, 0) is 43.0 Å². The van der Waals surface area contributed by atoms with Crippen molar-refractivity contribution in [1.82, 2.24) is 10.2 Å². The quantitative estimate of drug-likeness (QED) is 0.488. The molecule has 0 aromatic heterocycles. The topological polar surface area (TPSA) is 74.2 Å².